The van der Waals surface area contributed by atoms with Gasteiger partial charge >= 0.3 is 0 Å². The standard InChI is InChI=1S/C43H52O11/c1-45-36-35(53-42(44)40(47-3)38(36)46-2)29-52-43-41(51-27-33-22-14-7-15-23-33)39(50-26-32-20-12-6-13-21-32)37(49-25-31-18-10-5-11-19-31)34(54-43)28-48-24-30-16-8-4-9-17-30/h4-23,34-44H,24-29H2,1-3H3/t34-,35+,36+,37-,38-,39+,40+,41+,42-,43+/m0/s1. The summed E-state index contributed by atoms with van der Waals surface area (Å²) in [6.45, 7) is 1.41. The monoisotopic (exact) mass is 744 g/mol. The van der Waals surface area contributed by atoms with Crippen LogP contribution in [0.15, 0.2) is 121 Å². The fraction of sp³-hybridized carbons (Fsp3) is 0.442. The van der Waals surface area contributed by atoms with Crippen LogP contribution in [-0.2, 0) is 73.8 Å². The molecule has 0 amide bonds. The highest BCUT2D eigenvalue weighted by Gasteiger charge is 2.51. The second kappa shape index (κ2) is 20.9. The molecule has 11 nitrogen and oxygen atoms in total. The van der Waals surface area contributed by atoms with E-state index >= 15 is 0 Å². The number of rotatable bonds is 19. The largest absolute Gasteiger partial charge is 0.376 e. The van der Waals surface area contributed by atoms with Gasteiger partial charge < -0.3 is 52.5 Å². The molecule has 4 aromatic rings. The smallest absolute Gasteiger partial charge is 0.187 e. The summed E-state index contributed by atoms with van der Waals surface area (Å²) in [4.78, 5) is 0. The molecule has 54 heavy (non-hydrogen) atoms. The zero-order valence-electron chi connectivity index (χ0n) is 31.1. The molecule has 2 aliphatic heterocycles. The first-order valence-electron chi connectivity index (χ1n) is 18.3. The molecule has 0 spiro atoms. The maximum atomic E-state index is 10.8. The summed E-state index contributed by atoms with van der Waals surface area (Å²) < 4.78 is 63.0. The van der Waals surface area contributed by atoms with E-state index in [-0.39, 0.29) is 19.8 Å². The topological polar surface area (TPSA) is 113 Å². The van der Waals surface area contributed by atoms with Crippen LogP contribution < -0.4 is 0 Å². The number of ether oxygens (including phenoxy) is 10. The van der Waals surface area contributed by atoms with Crippen LogP contribution in [-0.4, -0.2) is 101 Å². The number of hydrogen-bond donors (Lipinski definition) is 1. The van der Waals surface area contributed by atoms with Gasteiger partial charge in [-0.1, -0.05) is 121 Å². The van der Waals surface area contributed by atoms with Gasteiger partial charge in [-0.15, -0.1) is 0 Å². The van der Waals surface area contributed by atoms with Crippen molar-refractivity contribution >= 4 is 0 Å². The van der Waals surface area contributed by atoms with Crippen molar-refractivity contribution in [1.29, 1.82) is 0 Å². The molecule has 0 aromatic heterocycles. The van der Waals surface area contributed by atoms with E-state index in [1.54, 1.807) is 14.2 Å². The van der Waals surface area contributed by atoms with Gasteiger partial charge in [-0.25, -0.2) is 0 Å². The highest BCUT2D eigenvalue weighted by Crippen LogP contribution is 2.33. The normalized spacial score (nSPS) is 28.5. The summed E-state index contributed by atoms with van der Waals surface area (Å²) >= 11 is 0. The molecule has 0 radical (unpaired) electrons. The summed E-state index contributed by atoms with van der Waals surface area (Å²) in [6.07, 6.45) is -7.63. The van der Waals surface area contributed by atoms with Crippen LogP contribution in [0.1, 0.15) is 22.3 Å². The highest BCUT2D eigenvalue weighted by molar-refractivity contribution is 5.16. The van der Waals surface area contributed by atoms with Crippen molar-refractivity contribution in [3.05, 3.63) is 144 Å². The summed E-state index contributed by atoms with van der Waals surface area (Å²) in [6, 6.07) is 39.8. The Morgan fingerprint density at radius 2 is 0.852 bits per heavy atom. The van der Waals surface area contributed by atoms with Gasteiger partial charge in [0.1, 0.15) is 48.8 Å². The maximum absolute atomic E-state index is 10.8. The molecule has 2 heterocycles. The Kier molecular flexibility index (Phi) is 15.6. The van der Waals surface area contributed by atoms with E-state index in [1.807, 2.05) is 121 Å². The predicted octanol–water partition coefficient (Wildman–Crippen LogP) is 5.46. The molecule has 290 valence electrons. The first kappa shape index (κ1) is 40.1. The molecule has 4 aromatic carbocycles. The summed E-state index contributed by atoms with van der Waals surface area (Å²) in [5.74, 6) is 0. The first-order chi connectivity index (χ1) is 26.6. The summed E-state index contributed by atoms with van der Waals surface area (Å²) in [5, 5.41) is 10.8. The van der Waals surface area contributed by atoms with Gasteiger partial charge in [0.25, 0.3) is 0 Å². The third-order valence-electron chi connectivity index (χ3n) is 9.69. The minimum absolute atomic E-state index is 0.0275. The second-order valence-electron chi connectivity index (χ2n) is 13.3. The zero-order chi connectivity index (χ0) is 37.5. The predicted molar refractivity (Wildman–Crippen MR) is 199 cm³/mol. The Hall–Kier alpha value is -3.56. The lowest BCUT2D eigenvalue weighted by Crippen LogP contribution is -2.63. The Labute approximate surface area is 317 Å². The van der Waals surface area contributed by atoms with E-state index in [2.05, 4.69) is 0 Å². The molecule has 10 atom stereocenters. The molecule has 0 bridgehead atoms. The lowest BCUT2D eigenvalue weighted by Gasteiger charge is -2.47. The molecular formula is C43H52O11. The van der Waals surface area contributed by atoms with Crippen molar-refractivity contribution < 1.29 is 52.5 Å². The van der Waals surface area contributed by atoms with Gasteiger partial charge in [-0.3, -0.25) is 0 Å². The second-order valence-corrected chi connectivity index (χ2v) is 13.3. The lowest BCUT2D eigenvalue weighted by molar-refractivity contribution is -0.345. The molecule has 2 aliphatic rings. The lowest BCUT2D eigenvalue weighted by atomic mass is 9.97. The molecule has 0 aliphatic carbocycles. The van der Waals surface area contributed by atoms with Gasteiger partial charge in [-0.05, 0) is 22.3 Å². The SMILES string of the molecule is CO[C@@H]1[C@@H](OC)[C@@H](O)O[C@H](CO[C@@H]2O[C@@H](COCc3ccccc3)[C@H](OCc3ccccc3)[C@@H](OCc3ccccc3)[C@H]2OCc2ccccc2)[C@H]1OC. The number of hydrogen-bond acceptors (Lipinski definition) is 11. The fourth-order valence-corrected chi connectivity index (χ4v) is 6.90. The Morgan fingerprint density at radius 3 is 1.33 bits per heavy atom. The number of aliphatic hydroxyl groups excluding tert-OH is 1. The molecule has 2 fully saturated rings. The molecule has 1 N–H and O–H groups in total. The molecular weight excluding hydrogens is 692 g/mol. The zero-order valence-corrected chi connectivity index (χ0v) is 31.1. The third kappa shape index (κ3) is 10.8. The number of aliphatic hydroxyl groups is 1. The van der Waals surface area contributed by atoms with Crippen molar-refractivity contribution in [2.75, 3.05) is 34.5 Å². The van der Waals surface area contributed by atoms with E-state index < -0.39 is 61.4 Å². The van der Waals surface area contributed by atoms with Crippen LogP contribution in [0.3, 0.4) is 0 Å². The molecule has 0 saturated carbocycles. The first-order valence-corrected chi connectivity index (χ1v) is 18.3. The van der Waals surface area contributed by atoms with E-state index in [0.29, 0.717) is 19.8 Å². The van der Waals surface area contributed by atoms with Crippen LogP contribution in [0, 0.1) is 0 Å². The van der Waals surface area contributed by atoms with Crippen molar-refractivity contribution in [2.45, 2.75) is 87.8 Å². The molecule has 2 saturated heterocycles. The number of methoxy groups -OCH3 is 3. The van der Waals surface area contributed by atoms with E-state index in [1.165, 1.54) is 7.11 Å². The Balaban J connectivity index is 1.31. The van der Waals surface area contributed by atoms with Crippen LogP contribution in [0.2, 0.25) is 0 Å². The Morgan fingerprint density at radius 1 is 0.426 bits per heavy atom. The molecule has 11 heteroatoms. The minimum atomic E-state index is -1.27. The third-order valence-corrected chi connectivity index (χ3v) is 9.69. The van der Waals surface area contributed by atoms with Gasteiger partial charge in [0.15, 0.2) is 12.6 Å². The van der Waals surface area contributed by atoms with Crippen molar-refractivity contribution in [1.82, 2.24) is 0 Å². The van der Waals surface area contributed by atoms with Gasteiger partial charge in [0, 0.05) is 21.3 Å². The Bertz CT molecular complexity index is 1600. The quantitative estimate of drug-likeness (QED) is 0.132. The van der Waals surface area contributed by atoms with Crippen LogP contribution in [0.25, 0.3) is 0 Å². The van der Waals surface area contributed by atoms with E-state index in [9.17, 15) is 5.11 Å². The van der Waals surface area contributed by atoms with Crippen LogP contribution in [0.4, 0.5) is 0 Å². The van der Waals surface area contributed by atoms with Gasteiger partial charge in [0.2, 0.25) is 0 Å². The van der Waals surface area contributed by atoms with Crippen molar-refractivity contribution in [3.63, 3.8) is 0 Å². The minimum Gasteiger partial charge on any atom is -0.376 e. The average Bonchev–Trinajstić information content (AvgIpc) is 3.22. The van der Waals surface area contributed by atoms with Crippen molar-refractivity contribution in [2.24, 2.45) is 0 Å². The van der Waals surface area contributed by atoms with E-state index in [4.69, 9.17) is 47.4 Å². The molecule has 0 unspecified atom stereocenters. The van der Waals surface area contributed by atoms with Gasteiger partial charge in [0.05, 0.1) is 39.6 Å². The van der Waals surface area contributed by atoms with E-state index in [0.717, 1.165) is 22.3 Å². The van der Waals surface area contributed by atoms with Crippen LogP contribution in [0.5, 0.6) is 0 Å². The fourth-order valence-electron chi connectivity index (χ4n) is 6.90. The number of benzene rings is 4. The van der Waals surface area contributed by atoms with Crippen LogP contribution >= 0.6 is 0 Å². The van der Waals surface area contributed by atoms with Gasteiger partial charge in [-0.2, -0.15) is 0 Å². The summed E-state index contributed by atoms with van der Waals surface area (Å²) in [7, 11) is 4.59. The average molecular weight is 745 g/mol. The molecule has 6 rings (SSSR count). The highest BCUT2D eigenvalue weighted by atomic mass is 16.7. The maximum Gasteiger partial charge on any atom is 0.187 e. The summed E-state index contributed by atoms with van der Waals surface area (Å²) in [5.41, 5.74) is 4.00. The van der Waals surface area contributed by atoms with Crippen molar-refractivity contribution in [3.8, 4) is 0 Å².